The van der Waals surface area contributed by atoms with Crippen LogP contribution in [0.5, 0.6) is 0 Å². The van der Waals surface area contributed by atoms with Crippen molar-refractivity contribution in [1.29, 1.82) is 0 Å². The van der Waals surface area contributed by atoms with E-state index in [1.807, 2.05) is 40.9 Å². The Balaban J connectivity index is 1.48. The van der Waals surface area contributed by atoms with Crippen LogP contribution in [0, 0.1) is 5.92 Å². The minimum Gasteiger partial charge on any atom is -0.337 e. The van der Waals surface area contributed by atoms with Gasteiger partial charge in [-0.1, -0.05) is 23.7 Å². The summed E-state index contributed by atoms with van der Waals surface area (Å²) in [5.41, 5.74) is 1.18. The van der Waals surface area contributed by atoms with E-state index < -0.39 is 0 Å². The number of carbonyl (C=O) groups excluding carboxylic acids is 1. The van der Waals surface area contributed by atoms with E-state index in [9.17, 15) is 4.79 Å². The summed E-state index contributed by atoms with van der Waals surface area (Å²) in [6.45, 7) is 0.617. The van der Waals surface area contributed by atoms with Crippen LogP contribution in [0.25, 0.3) is 0 Å². The van der Waals surface area contributed by atoms with Crippen molar-refractivity contribution in [3.8, 4) is 0 Å². The zero-order valence-electron chi connectivity index (χ0n) is 13.2. The molecular weight excluding hydrogens is 310 g/mol. The third kappa shape index (κ3) is 3.00. The predicted molar refractivity (Wildman–Crippen MR) is 89.1 cm³/mol. The zero-order valence-corrected chi connectivity index (χ0v) is 13.9. The number of rotatable bonds is 5. The van der Waals surface area contributed by atoms with Crippen molar-refractivity contribution in [2.45, 2.75) is 37.8 Å². The molecule has 2 fully saturated rings. The maximum absolute atomic E-state index is 12.9. The summed E-state index contributed by atoms with van der Waals surface area (Å²) in [5, 5.41) is 0.743. The second kappa shape index (κ2) is 5.68. The van der Waals surface area contributed by atoms with Gasteiger partial charge in [0.1, 0.15) is 5.82 Å². The normalized spacial score (nSPS) is 22.9. The topological polar surface area (TPSA) is 38.1 Å². The monoisotopic (exact) mass is 329 g/mol. The number of imidazole rings is 1. The Kier molecular flexibility index (Phi) is 3.64. The Morgan fingerprint density at radius 3 is 2.91 bits per heavy atom. The molecule has 0 bridgehead atoms. The molecule has 2 saturated carbocycles. The molecule has 2 aromatic rings. The van der Waals surface area contributed by atoms with Gasteiger partial charge in [0.2, 0.25) is 5.91 Å². The molecule has 23 heavy (non-hydrogen) atoms. The van der Waals surface area contributed by atoms with Crippen molar-refractivity contribution in [3.05, 3.63) is 53.1 Å². The van der Waals surface area contributed by atoms with E-state index in [1.165, 1.54) is 5.56 Å². The van der Waals surface area contributed by atoms with E-state index in [-0.39, 0.29) is 11.8 Å². The molecule has 1 aromatic carbocycles. The van der Waals surface area contributed by atoms with Crippen LogP contribution in [0.1, 0.15) is 36.6 Å². The van der Waals surface area contributed by atoms with Crippen LogP contribution in [-0.4, -0.2) is 26.4 Å². The van der Waals surface area contributed by atoms with Gasteiger partial charge in [0.15, 0.2) is 0 Å². The molecule has 0 aliphatic heterocycles. The van der Waals surface area contributed by atoms with Crippen LogP contribution in [0.3, 0.4) is 0 Å². The van der Waals surface area contributed by atoms with Crippen LogP contribution in [-0.2, 0) is 18.4 Å². The van der Waals surface area contributed by atoms with Crippen LogP contribution in [0.4, 0.5) is 0 Å². The molecule has 1 aromatic heterocycles. The lowest BCUT2D eigenvalue weighted by molar-refractivity contribution is -0.134. The van der Waals surface area contributed by atoms with Crippen molar-refractivity contribution in [1.82, 2.24) is 14.5 Å². The number of hydrogen-bond acceptors (Lipinski definition) is 2. The molecule has 2 atom stereocenters. The number of hydrogen-bond donors (Lipinski definition) is 0. The first-order valence-corrected chi connectivity index (χ1v) is 8.53. The lowest BCUT2D eigenvalue weighted by Gasteiger charge is -2.22. The second-order valence-electron chi connectivity index (χ2n) is 6.66. The van der Waals surface area contributed by atoms with Crippen molar-refractivity contribution in [2.75, 3.05) is 0 Å². The van der Waals surface area contributed by atoms with Crippen LogP contribution in [0.15, 0.2) is 36.7 Å². The van der Waals surface area contributed by atoms with E-state index in [0.29, 0.717) is 18.5 Å². The zero-order chi connectivity index (χ0) is 16.0. The number of halogens is 1. The van der Waals surface area contributed by atoms with E-state index >= 15 is 0 Å². The Morgan fingerprint density at radius 1 is 1.43 bits per heavy atom. The average molecular weight is 330 g/mol. The molecule has 120 valence electrons. The lowest BCUT2D eigenvalue weighted by Crippen LogP contribution is -2.35. The summed E-state index contributed by atoms with van der Waals surface area (Å²) in [6, 6.07) is 8.30. The number of aromatic nitrogens is 2. The van der Waals surface area contributed by atoms with E-state index in [4.69, 9.17) is 11.6 Å². The molecule has 1 heterocycles. The highest BCUT2D eigenvalue weighted by Gasteiger charge is 2.48. The molecule has 5 heteroatoms. The number of nitrogens with zero attached hydrogens (tertiary/aromatic N) is 3. The van der Waals surface area contributed by atoms with Gasteiger partial charge in [0.05, 0.1) is 6.54 Å². The minimum atomic E-state index is 0.106. The van der Waals surface area contributed by atoms with Crippen molar-refractivity contribution >= 4 is 17.5 Å². The van der Waals surface area contributed by atoms with Gasteiger partial charge in [-0.25, -0.2) is 4.98 Å². The smallest absolute Gasteiger partial charge is 0.226 e. The van der Waals surface area contributed by atoms with Crippen LogP contribution >= 0.6 is 11.6 Å². The quantitative estimate of drug-likeness (QED) is 0.843. The third-order valence-corrected chi connectivity index (χ3v) is 5.12. The number of benzene rings is 1. The van der Waals surface area contributed by atoms with Crippen LogP contribution in [0.2, 0.25) is 5.02 Å². The Hall–Kier alpha value is -1.81. The minimum absolute atomic E-state index is 0.106. The Labute approximate surface area is 141 Å². The number of aryl methyl sites for hydroxylation is 1. The highest BCUT2D eigenvalue weighted by Crippen LogP contribution is 2.50. The van der Waals surface area contributed by atoms with Gasteiger partial charge in [-0.3, -0.25) is 4.79 Å². The molecule has 1 amide bonds. The van der Waals surface area contributed by atoms with Crippen LogP contribution < -0.4 is 0 Å². The Bertz CT molecular complexity index is 737. The molecular formula is C18H20ClN3O. The van der Waals surface area contributed by atoms with Crippen molar-refractivity contribution < 1.29 is 4.79 Å². The molecule has 2 unspecified atom stereocenters. The highest BCUT2D eigenvalue weighted by molar-refractivity contribution is 6.30. The standard InChI is InChI=1S/C18H20ClN3O/c1-21-8-7-20-17(21)11-22(14-5-6-14)18(23)16-10-15(16)12-3-2-4-13(19)9-12/h2-4,7-9,14-16H,5-6,10-11H2,1H3. The maximum atomic E-state index is 12.9. The molecule has 0 saturated heterocycles. The predicted octanol–water partition coefficient (Wildman–Crippen LogP) is 3.37. The van der Waals surface area contributed by atoms with E-state index in [1.54, 1.807) is 6.20 Å². The second-order valence-corrected chi connectivity index (χ2v) is 7.09. The maximum Gasteiger partial charge on any atom is 0.226 e. The first-order valence-electron chi connectivity index (χ1n) is 8.15. The molecule has 0 N–H and O–H groups in total. The van der Waals surface area contributed by atoms with Gasteiger partial charge >= 0.3 is 0 Å². The largest absolute Gasteiger partial charge is 0.337 e. The first-order chi connectivity index (χ1) is 11.1. The summed E-state index contributed by atoms with van der Waals surface area (Å²) >= 11 is 6.07. The molecule has 4 rings (SSSR count). The molecule has 2 aliphatic rings. The molecule has 0 spiro atoms. The number of carbonyl (C=O) groups is 1. The number of amides is 1. The third-order valence-electron chi connectivity index (χ3n) is 4.89. The van der Waals surface area contributed by atoms with Crippen molar-refractivity contribution in [3.63, 3.8) is 0 Å². The fourth-order valence-corrected chi connectivity index (χ4v) is 3.46. The van der Waals surface area contributed by atoms with Gasteiger partial charge < -0.3 is 9.47 Å². The fourth-order valence-electron chi connectivity index (χ4n) is 3.26. The SMILES string of the molecule is Cn1ccnc1CN(C(=O)C1CC1c1cccc(Cl)c1)C1CC1. The fraction of sp³-hybridized carbons (Fsp3) is 0.444. The lowest BCUT2D eigenvalue weighted by atomic mass is 10.1. The average Bonchev–Trinajstić information content (AvgIpc) is 3.44. The van der Waals surface area contributed by atoms with E-state index in [0.717, 1.165) is 30.1 Å². The molecule has 2 aliphatic carbocycles. The highest BCUT2D eigenvalue weighted by atomic mass is 35.5. The summed E-state index contributed by atoms with van der Waals surface area (Å²) in [7, 11) is 1.98. The van der Waals surface area contributed by atoms with E-state index in [2.05, 4.69) is 11.1 Å². The summed E-state index contributed by atoms with van der Waals surface area (Å²) in [6.07, 6.45) is 6.88. The molecule has 4 nitrogen and oxygen atoms in total. The molecule has 0 radical (unpaired) electrons. The van der Waals surface area contributed by atoms with Gasteiger partial charge in [-0.15, -0.1) is 0 Å². The van der Waals surface area contributed by atoms with Gasteiger partial charge in [0, 0.05) is 36.4 Å². The van der Waals surface area contributed by atoms with Gasteiger partial charge in [0.25, 0.3) is 0 Å². The van der Waals surface area contributed by atoms with Gasteiger partial charge in [-0.2, -0.15) is 0 Å². The summed E-state index contributed by atoms with van der Waals surface area (Å²) in [4.78, 5) is 19.4. The van der Waals surface area contributed by atoms with Crippen molar-refractivity contribution in [2.24, 2.45) is 13.0 Å². The first kappa shape index (κ1) is 14.8. The van der Waals surface area contributed by atoms with Gasteiger partial charge in [-0.05, 0) is 42.9 Å². The Morgan fingerprint density at radius 2 is 2.26 bits per heavy atom. The summed E-state index contributed by atoms with van der Waals surface area (Å²) < 4.78 is 1.99. The summed E-state index contributed by atoms with van der Waals surface area (Å²) in [5.74, 6) is 1.66.